The molecule has 2 saturated carbocycles. The number of piperidine rings is 1. The third-order valence-electron chi connectivity index (χ3n) is 8.97. The topological polar surface area (TPSA) is 88.8 Å². The van der Waals surface area contributed by atoms with Gasteiger partial charge in [0.25, 0.3) is 0 Å². The fraction of sp³-hybridized carbons (Fsp3) is 0.500. The lowest BCUT2D eigenvalue weighted by molar-refractivity contribution is -0.143. The van der Waals surface area contributed by atoms with Crippen LogP contribution in [0.3, 0.4) is 0 Å². The third kappa shape index (κ3) is 3.64. The van der Waals surface area contributed by atoms with E-state index in [9.17, 15) is 9.59 Å². The zero-order chi connectivity index (χ0) is 25.7. The number of hydrogen-bond acceptors (Lipinski definition) is 6. The van der Waals surface area contributed by atoms with Crippen molar-refractivity contribution in [1.29, 1.82) is 0 Å². The number of aromatic nitrogens is 3. The highest BCUT2D eigenvalue weighted by molar-refractivity contribution is 6.31. The van der Waals surface area contributed by atoms with Crippen LogP contribution in [-0.2, 0) is 27.3 Å². The zero-order valence-corrected chi connectivity index (χ0v) is 22.0. The lowest BCUT2D eigenvalue weighted by atomic mass is 9.93. The molecule has 1 N–H and O–H groups in total. The molecule has 9 heteroatoms. The van der Waals surface area contributed by atoms with Crippen molar-refractivity contribution in [3.8, 4) is 11.3 Å². The molecule has 1 spiro atoms. The Morgan fingerprint density at radius 3 is 2.59 bits per heavy atom. The minimum Gasteiger partial charge on any atom is -0.375 e. The molecule has 2 saturated heterocycles. The van der Waals surface area contributed by atoms with E-state index in [-0.39, 0.29) is 47.3 Å². The number of carbonyl (C=O) groups is 2. The fourth-order valence-electron chi connectivity index (χ4n) is 6.42. The van der Waals surface area contributed by atoms with Crippen molar-refractivity contribution >= 4 is 28.9 Å². The Hall–Kier alpha value is -2.81. The van der Waals surface area contributed by atoms with E-state index in [1.54, 1.807) is 4.52 Å². The van der Waals surface area contributed by atoms with Gasteiger partial charge in [-0.1, -0.05) is 25.4 Å². The molecule has 3 unspecified atom stereocenters. The maximum absolute atomic E-state index is 12.9. The van der Waals surface area contributed by atoms with Crippen molar-refractivity contribution < 1.29 is 14.3 Å². The van der Waals surface area contributed by atoms with E-state index in [2.05, 4.69) is 22.3 Å². The molecule has 2 amide bonds. The van der Waals surface area contributed by atoms with Gasteiger partial charge in [-0.3, -0.25) is 14.5 Å². The van der Waals surface area contributed by atoms with Gasteiger partial charge in [-0.05, 0) is 60.1 Å². The molecule has 8 nitrogen and oxygen atoms in total. The van der Waals surface area contributed by atoms with Gasteiger partial charge in [0.1, 0.15) is 6.33 Å². The number of hydrogen-bond donors (Lipinski definition) is 1. The number of nitrogens with one attached hydrogen (secondary N) is 1. The van der Waals surface area contributed by atoms with Gasteiger partial charge in [-0.2, -0.15) is 5.10 Å². The molecule has 37 heavy (non-hydrogen) atoms. The lowest BCUT2D eigenvalue weighted by Gasteiger charge is -2.31. The van der Waals surface area contributed by atoms with Gasteiger partial charge in [-0.15, -0.1) is 0 Å². The maximum atomic E-state index is 12.9. The Morgan fingerprint density at radius 1 is 1.16 bits per heavy atom. The highest BCUT2D eigenvalue weighted by atomic mass is 35.5. The van der Waals surface area contributed by atoms with Crippen LogP contribution in [0.4, 0.5) is 0 Å². The van der Waals surface area contributed by atoms with Crippen LogP contribution in [0.2, 0.25) is 5.02 Å². The third-order valence-corrected chi connectivity index (χ3v) is 9.19. The molecular formula is C28H30ClN5O3. The van der Waals surface area contributed by atoms with Crippen LogP contribution in [0, 0.1) is 24.2 Å². The number of amides is 2. The smallest absolute Gasteiger partial charge is 0.233 e. The van der Waals surface area contributed by atoms with E-state index in [0.717, 1.165) is 53.0 Å². The normalized spacial score (nSPS) is 27.2. The summed E-state index contributed by atoms with van der Waals surface area (Å²) in [7, 11) is 0. The summed E-state index contributed by atoms with van der Waals surface area (Å²) in [4.78, 5) is 31.8. The number of morpholine rings is 1. The number of likely N-dealkylation sites (tertiary alicyclic amines) is 1. The lowest BCUT2D eigenvalue weighted by Crippen LogP contribution is -2.48. The van der Waals surface area contributed by atoms with Crippen molar-refractivity contribution in [2.75, 3.05) is 13.2 Å². The van der Waals surface area contributed by atoms with E-state index in [0.29, 0.717) is 5.02 Å². The summed E-state index contributed by atoms with van der Waals surface area (Å²) < 4.78 is 8.01. The summed E-state index contributed by atoms with van der Waals surface area (Å²) in [5.41, 5.74) is 5.62. The van der Waals surface area contributed by atoms with E-state index < -0.39 is 0 Å². The minimum absolute atomic E-state index is 0.0663. The first-order chi connectivity index (χ1) is 17.7. The van der Waals surface area contributed by atoms with Crippen LogP contribution in [0.1, 0.15) is 43.4 Å². The molecule has 4 fully saturated rings. The highest BCUT2D eigenvalue weighted by Crippen LogP contribution is 2.63. The number of nitrogens with zero attached hydrogens (tertiary/aromatic N) is 4. The van der Waals surface area contributed by atoms with Crippen LogP contribution in [-0.4, -0.2) is 56.1 Å². The second-order valence-electron chi connectivity index (χ2n) is 11.9. The van der Waals surface area contributed by atoms with Crippen molar-refractivity contribution in [3.63, 3.8) is 0 Å². The molecule has 2 aliphatic heterocycles. The largest absolute Gasteiger partial charge is 0.375 e. The molecule has 4 heterocycles. The Balaban J connectivity index is 1.21. The van der Waals surface area contributed by atoms with E-state index in [4.69, 9.17) is 16.3 Å². The summed E-state index contributed by atoms with van der Waals surface area (Å²) in [6.45, 7) is 7.88. The number of benzene rings is 1. The molecule has 0 bridgehead atoms. The number of ether oxygens (including phenoxy) is 1. The van der Waals surface area contributed by atoms with Gasteiger partial charge in [0, 0.05) is 35.3 Å². The van der Waals surface area contributed by atoms with Crippen molar-refractivity contribution in [3.05, 3.63) is 52.4 Å². The molecule has 1 aromatic carbocycles. The Morgan fingerprint density at radius 2 is 1.92 bits per heavy atom. The first-order valence-electron chi connectivity index (χ1n) is 13.0. The SMILES string of the molecule is Cc1cc(Cl)cc(-c2ncnn3cc(CN4C(=O)C5C(C4=O)C5(C)C)cc23)c1CC1CNC2(CC2)CO1. The predicted octanol–water partition coefficient (Wildman–Crippen LogP) is 3.56. The summed E-state index contributed by atoms with van der Waals surface area (Å²) in [6, 6.07) is 5.92. The van der Waals surface area contributed by atoms with Crippen LogP contribution in [0.5, 0.6) is 0 Å². The van der Waals surface area contributed by atoms with Gasteiger partial charge in [-0.25, -0.2) is 9.50 Å². The predicted molar refractivity (Wildman–Crippen MR) is 138 cm³/mol. The number of rotatable bonds is 5. The summed E-state index contributed by atoms with van der Waals surface area (Å²) in [5.74, 6) is -0.502. The molecule has 4 aliphatic rings. The fourth-order valence-corrected chi connectivity index (χ4v) is 6.70. The number of halogens is 1. The summed E-state index contributed by atoms with van der Waals surface area (Å²) in [5, 5.41) is 8.73. The Labute approximate surface area is 220 Å². The van der Waals surface area contributed by atoms with Crippen molar-refractivity contribution in [2.45, 2.75) is 58.2 Å². The number of fused-ring (bicyclic) bond motifs is 2. The van der Waals surface area contributed by atoms with Crippen LogP contribution in [0.15, 0.2) is 30.7 Å². The number of imide groups is 1. The second kappa shape index (κ2) is 7.85. The Kier molecular flexibility index (Phi) is 4.95. The molecule has 2 aliphatic carbocycles. The molecule has 3 aromatic rings. The van der Waals surface area contributed by atoms with Gasteiger partial charge >= 0.3 is 0 Å². The quantitative estimate of drug-likeness (QED) is 0.518. The molecule has 3 atom stereocenters. The van der Waals surface area contributed by atoms with Crippen LogP contribution < -0.4 is 5.32 Å². The molecule has 2 aromatic heterocycles. The summed E-state index contributed by atoms with van der Waals surface area (Å²) >= 11 is 6.53. The monoisotopic (exact) mass is 519 g/mol. The van der Waals surface area contributed by atoms with Crippen LogP contribution in [0.25, 0.3) is 16.8 Å². The Bertz CT molecular complexity index is 1440. The number of carbonyl (C=O) groups excluding carboxylic acids is 2. The van der Waals surface area contributed by atoms with E-state index in [1.807, 2.05) is 38.2 Å². The average molecular weight is 520 g/mol. The van der Waals surface area contributed by atoms with Crippen LogP contribution >= 0.6 is 11.6 Å². The highest BCUT2D eigenvalue weighted by Gasteiger charge is 2.72. The van der Waals surface area contributed by atoms with E-state index in [1.165, 1.54) is 24.1 Å². The minimum atomic E-state index is -0.216. The van der Waals surface area contributed by atoms with E-state index >= 15 is 0 Å². The first kappa shape index (κ1) is 23.3. The van der Waals surface area contributed by atoms with Crippen molar-refractivity contribution in [1.82, 2.24) is 24.8 Å². The molecule has 0 radical (unpaired) electrons. The van der Waals surface area contributed by atoms with Gasteiger partial charge in [0.05, 0.1) is 42.3 Å². The maximum Gasteiger partial charge on any atom is 0.233 e. The summed E-state index contributed by atoms with van der Waals surface area (Å²) in [6.07, 6.45) is 6.61. The first-order valence-corrected chi connectivity index (χ1v) is 13.4. The van der Waals surface area contributed by atoms with Crippen molar-refractivity contribution in [2.24, 2.45) is 17.3 Å². The standard InChI is InChI=1S/C28H30ClN5O3/c1-15-6-17(29)8-20(19(15)9-18-10-31-28(4-5-28)13-37-18)24-21-7-16(12-34(21)32-14-30-24)11-33-25(35)22-23(26(33)36)27(22,2)3/h6-8,12,14,18,22-23,31H,4-5,9-11,13H2,1-3H3. The number of aryl methyl sites for hydroxylation is 1. The van der Waals surface area contributed by atoms with Gasteiger partial charge in [0.2, 0.25) is 11.8 Å². The van der Waals surface area contributed by atoms with Gasteiger partial charge < -0.3 is 10.1 Å². The molecule has 192 valence electrons. The van der Waals surface area contributed by atoms with Gasteiger partial charge in [0.15, 0.2) is 0 Å². The molecule has 7 rings (SSSR count). The zero-order valence-electron chi connectivity index (χ0n) is 21.3. The average Bonchev–Trinajstić information content (AvgIpc) is 3.63. The molecular weight excluding hydrogens is 490 g/mol. The second-order valence-corrected chi connectivity index (χ2v) is 12.3.